The number of piperidine rings is 3. The molecule has 3 aliphatic heterocycles. The highest BCUT2D eigenvalue weighted by atomic mass is 16.2. The van der Waals surface area contributed by atoms with E-state index in [-0.39, 0.29) is 23.6 Å². The van der Waals surface area contributed by atoms with Crippen molar-refractivity contribution in [2.24, 2.45) is 11.3 Å². The van der Waals surface area contributed by atoms with Crippen LogP contribution < -0.4 is 10.2 Å². The number of aromatic nitrogens is 4. The Hall–Kier alpha value is -4.51. The van der Waals surface area contributed by atoms with E-state index >= 15 is 0 Å². The van der Waals surface area contributed by atoms with E-state index in [0.717, 1.165) is 117 Å². The van der Waals surface area contributed by atoms with E-state index < -0.39 is 0 Å². The first-order chi connectivity index (χ1) is 24.6. The first-order valence-corrected chi connectivity index (χ1v) is 18.8. The van der Waals surface area contributed by atoms with Crippen LogP contribution in [0.25, 0.3) is 22.3 Å². The average Bonchev–Trinajstić information content (AvgIpc) is 3.74. The van der Waals surface area contributed by atoms with Crippen LogP contribution in [0.15, 0.2) is 42.6 Å². The Kier molecular flexibility index (Phi) is 8.94. The second kappa shape index (κ2) is 13.6. The standard InChI is InChI=1S/C40H50N8O3/c1-40(2)15-10-31-34(22-40)44-45-37(31)33-20-26-4-5-27(21-32(26)42-33)39(51)48-16-11-25(12-17-48)24-46(3)29-13-18-47(19-14-29)35-8-6-28(23-41-35)30-7-9-36(49)43-38(30)50/h4-6,8,20-21,23,25,29-30,42H,7,9-19,22,24H2,1-3H3,(H,44,45)(H,43,49,50). The summed E-state index contributed by atoms with van der Waals surface area (Å²) in [4.78, 5) is 52.5. The Bertz CT molecular complexity index is 1930. The van der Waals surface area contributed by atoms with Gasteiger partial charge in [0.15, 0.2) is 0 Å². The molecule has 11 nitrogen and oxygen atoms in total. The summed E-state index contributed by atoms with van der Waals surface area (Å²) in [6, 6.07) is 12.7. The number of rotatable bonds is 7. The van der Waals surface area contributed by atoms with Gasteiger partial charge in [0.25, 0.3) is 5.91 Å². The maximum Gasteiger partial charge on any atom is 0.253 e. The lowest BCUT2D eigenvalue weighted by Crippen LogP contribution is -2.46. The summed E-state index contributed by atoms with van der Waals surface area (Å²) in [6.07, 6.45) is 10.1. The van der Waals surface area contributed by atoms with E-state index in [2.05, 4.69) is 58.2 Å². The molecule has 1 aliphatic carbocycles. The minimum atomic E-state index is -0.303. The number of hydrogen-bond acceptors (Lipinski definition) is 7. The number of fused-ring (bicyclic) bond motifs is 2. The molecule has 0 radical (unpaired) electrons. The average molecular weight is 691 g/mol. The van der Waals surface area contributed by atoms with Gasteiger partial charge in [0.05, 0.1) is 11.6 Å². The summed E-state index contributed by atoms with van der Waals surface area (Å²) in [5, 5.41) is 11.5. The number of carbonyl (C=O) groups is 3. The number of nitrogens with one attached hydrogen (secondary N) is 3. The Morgan fingerprint density at radius 1 is 0.980 bits per heavy atom. The molecule has 4 aliphatic rings. The largest absolute Gasteiger partial charge is 0.357 e. The second-order valence-electron chi connectivity index (χ2n) is 16.2. The van der Waals surface area contributed by atoms with Crippen LogP contribution in [0.3, 0.4) is 0 Å². The van der Waals surface area contributed by atoms with Crippen LogP contribution >= 0.6 is 0 Å². The zero-order valence-corrected chi connectivity index (χ0v) is 30.1. The van der Waals surface area contributed by atoms with Gasteiger partial charge in [0.1, 0.15) is 11.5 Å². The molecule has 3 amide bonds. The van der Waals surface area contributed by atoms with Crippen LogP contribution in [0, 0.1) is 11.3 Å². The van der Waals surface area contributed by atoms with Crippen LogP contribution in [0.2, 0.25) is 0 Å². The zero-order valence-electron chi connectivity index (χ0n) is 30.1. The van der Waals surface area contributed by atoms with Gasteiger partial charge in [0, 0.05) is 79.1 Å². The summed E-state index contributed by atoms with van der Waals surface area (Å²) in [7, 11) is 2.25. The lowest BCUT2D eigenvalue weighted by Gasteiger charge is -2.40. The van der Waals surface area contributed by atoms with Gasteiger partial charge in [-0.05, 0) is 99.6 Å². The summed E-state index contributed by atoms with van der Waals surface area (Å²) in [5.41, 5.74) is 7.49. The van der Waals surface area contributed by atoms with Crippen molar-refractivity contribution >= 4 is 34.4 Å². The highest BCUT2D eigenvalue weighted by molar-refractivity contribution is 6.01. The molecular weight excluding hydrogens is 640 g/mol. The van der Waals surface area contributed by atoms with Crippen LogP contribution in [0.5, 0.6) is 0 Å². The third kappa shape index (κ3) is 6.92. The van der Waals surface area contributed by atoms with E-state index in [4.69, 9.17) is 10.1 Å². The fourth-order valence-corrected chi connectivity index (χ4v) is 8.85. The van der Waals surface area contributed by atoms with Crippen molar-refractivity contribution in [3.05, 3.63) is 65.0 Å². The Balaban J connectivity index is 0.811. The molecule has 0 spiro atoms. The van der Waals surface area contributed by atoms with Gasteiger partial charge < -0.3 is 19.7 Å². The molecule has 3 aromatic heterocycles. The molecule has 3 saturated heterocycles. The first kappa shape index (κ1) is 33.6. The number of benzene rings is 1. The number of hydrogen-bond donors (Lipinski definition) is 3. The van der Waals surface area contributed by atoms with E-state index in [1.54, 1.807) is 6.20 Å². The van der Waals surface area contributed by atoms with Crippen molar-refractivity contribution in [3.63, 3.8) is 0 Å². The van der Waals surface area contributed by atoms with Gasteiger partial charge in [-0.25, -0.2) is 4.98 Å². The predicted octanol–water partition coefficient (Wildman–Crippen LogP) is 5.44. The fraction of sp³-hybridized carbons (Fsp3) is 0.525. The smallest absolute Gasteiger partial charge is 0.253 e. The second-order valence-corrected chi connectivity index (χ2v) is 16.2. The predicted molar refractivity (Wildman–Crippen MR) is 198 cm³/mol. The Morgan fingerprint density at radius 3 is 2.53 bits per heavy atom. The van der Waals surface area contributed by atoms with Crippen LogP contribution in [0.1, 0.15) is 91.9 Å². The number of anilines is 1. The SMILES string of the molecule is CN(CC1CCN(C(=O)c2ccc3cc(-c4n[nH]c5c4CCC(C)(C)C5)[nH]c3c2)CC1)C1CCN(c2ccc(C3CCC(=O)NC3=O)cn2)CC1. The van der Waals surface area contributed by atoms with Crippen molar-refractivity contribution in [2.75, 3.05) is 44.7 Å². The number of nitrogens with zero attached hydrogens (tertiary/aromatic N) is 5. The maximum absolute atomic E-state index is 13.6. The Morgan fingerprint density at radius 2 is 1.78 bits per heavy atom. The third-order valence-electron chi connectivity index (χ3n) is 12.1. The van der Waals surface area contributed by atoms with Crippen molar-refractivity contribution in [1.82, 2.24) is 35.3 Å². The number of pyridine rings is 1. The summed E-state index contributed by atoms with van der Waals surface area (Å²) in [5.74, 6) is 0.920. The van der Waals surface area contributed by atoms with Crippen molar-refractivity contribution in [3.8, 4) is 11.4 Å². The van der Waals surface area contributed by atoms with Gasteiger partial charge in [-0.15, -0.1) is 0 Å². The minimum absolute atomic E-state index is 0.116. The molecule has 6 heterocycles. The molecule has 268 valence electrons. The highest BCUT2D eigenvalue weighted by Crippen LogP contribution is 2.38. The number of aromatic amines is 2. The molecule has 3 N–H and O–H groups in total. The van der Waals surface area contributed by atoms with Gasteiger partial charge in [-0.3, -0.25) is 24.8 Å². The first-order valence-electron chi connectivity index (χ1n) is 18.8. The third-order valence-corrected chi connectivity index (χ3v) is 12.1. The molecule has 8 rings (SSSR count). The lowest BCUT2D eigenvalue weighted by molar-refractivity contribution is -0.134. The van der Waals surface area contributed by atoms with E-state index in [1.807, 2.05) is 29.2 Å². The zero-order chi connectivity index (χ0) is 35.3. The minimum Gasteiger partial charge on any atom is -0.357 e. The normalized spacial score (nSPS) is 21.7. The van der Waals surface area contributed by atoms with Crippen molar-refractivity contribution in [2.45, 2.75) is 83.6 Å². The number of H-pyrrole nitrogens is 2. The summed E-state index contributed by atoms with van der Waals surface area (Å²) < 4.78 is 0. The number of carbonyl (C=O) groups excluding carboxylic acids is 3. The molecule has 3 fully saturated rings. The van der Waals surface area contributed by atoms with Gasteiger partial charge >= 0.3 is 0 Å². The molecular formula is C40H50N8O3. The lowest BCUT2D eigenvalue weighted by atomic mass is 9.76. The number of imide groups is 1. The van der Waals surface area contributed by atoms with Crippen LogP contribution in [0.4, 0.5) is 5.82 Å². The molecule has 0 bridgehead atoms. The van der Waals surface area contributed by atoms with Gasteiger partial charge in [-0.1, -0.05) is 26.0 Å². The summed E-state index contributed by atoms with van der Waals surface area (Å²) in [6.45, 7) is 9.17. The molecule has 1 aromatic carbocycles. The quantitative estimate of drug-likeness (QED) is 0.220. The van der Waals surface area contributed by atoms with Crippen molar-refractivity contribution in [1.29, 1.82) is 0 Å². The molecule has 1 atom stereocenters. The van der Waals surface area contributed by atoms with E-state index in [1.165, 1.54) is 11.3 Å². The van der Waals surface area contributed by atoms with E-state index in [0.29, 0.717) is 30.2 Å². The topological polar surface area (TPSA) is 130 Å². The molecule has 11 heteroatoms. The monoisotopic (exact) mass is 690 g/mol. The van der Waals surface area contributed by atoms with Crippen molar-refractivity contribution < 1.29 is 14.4 Å². The molecule has 1 unspecified atom stereocenters. The highest BCUT2D eigenvalue weighted by Gasteiger charge is 2.32. The van der Waals surface area contributed by atoms with E-state index in [9.17, 15) is 14.4 Å². The van der Waals surface area contributed by atoms with Crippen LogP contribution in [-0.2, 0) is 22.4 Å². The molecule has 51 heavy (non-hydrogen) atoms. The summed E-state index contributed by atoms with van der Waals surface area (Å²) >= 11 is 0. The molecule has 4 aromatic rings. The van der Waals surface area contributed by atoms with Crippen LogP contribution in [-0.4, -0.2) is 93.5 Å². The van der Waals surface area contributed by atoms with Gasteiger partial charge in [-0.2, -0.15) is 5.10 Å². The number of likely N-dealkylation sites (tertiary alicyclic amines) is 1. The Labute approximate surface area is 299 Å². The van der Waals surface area contributed by atoms with Gasteiger partial charge in [0.2, 0.25) is 11.8 Å². The maximum atomic E-state index is 13.6. The fourth-order valence-electron chi connectivity index (χ4n) is 8.85. The number of amides is 3. The molecule has 0 saturated carbocycles.